The fourth-order valence-corrected chi connectivity index (χ4v) is 2.52. The van der Waals surface area contributed by atoms with Gasteiger partial charge in [0.15, 0.2) is 5.79 Å². The van der Waals surface area contributed by atoms with E-state index in [9.17, 15) is 4.39 Å². The van der Waals surface area contributed by atoms with E-state index in [1.807, 2.05) is 13.8 Å². The number of benzene rings is 1. The minimum absolute atomic E-state index is 0.0654. The average Bonchev–Trinajstić information content (AvgIpc) is 2.82. The van der Waals surface area contributed by atoms with Crippen molar-refractivity contribution in [1.82, 2.24) is 0 Å². The highest BCUT2D eigenvalue weighted by Gasteiger charge is 2.38. The van der Waals surface area contributed by atoms with Gasteiger partial charge in [0.2, 0.25) is 0 Å². The number of hydrogen-bond donors (Lipinski definition) is 0. The maximum Gasteiger partial charge on any atom is 0.195 e. The Balaban J connectivity index is 2.61. The lowest BCUT2D eigenvalue weighted by Gasteiger charge is -2.27. The standard InChI is InChI=1S/C14H18ClFO3/c1-4-9-12(16)11(15)8-10(13(9)17-5-2)14(3)18-6-7-19-14/h8H,4-7H2,1-3H3. The van der Waals surface area contributed by atoms with Crippen LogP contribution in [0.15, 0.2) is 6.07 Å². The van der Waals surface area contributed by atoms with E-state index in [0.29, 0.717) is 43.1 Å². The van der Waals surface area contributed by atoms with Crippen LogP contribution in [-0.4, -0.2) is 19.8 Å². The molecule has 1 saturated heterocycles. The number of halogens is 2. The molecular formula is C14H18ClFO3. The van der Waals surface area contributed by atoms with E-state index < -0.39 is 11.6 Å². The molecular weight excluding hydrogens is 271 g/mol. The number of rotatable bonds is 4. The highest BCUT2D eigenvalue weighted by atomic mass is 35.5. The summed E-state index contributed by atoms with van der Waals surface area (Å²) in [5.41, 5.74) is 1.11. The number of hydrogen-bond acceptors (Lipinski definition) is 3. The molecule has 1 aliphatic heterocycles. The van der Waals surface area contributed by atoms with E-state index in [1.54, 1.807) is 6.92 Å². The van der Waals surface area contributed by atoms with Crippen molar-refractivity contribution in [1.29, 1.82) is 0 Å². The third-order valence-electron chi connectivity index (χ3n) is 3.23. The van der Waals surface area contributed by atoms with E-state index >= 15 is 0 Å². The van der Waals surface area contributed by atoms with Crippen LogP contribution >= 0.6 is 11.6 Å². The monoisotopic (exact) mass is 288 g/mol. The Morgan fingerprint density at radius 2 is 2.00 bits per heavy atom. The summed E-state index contributed by atoms with van der Waals surface area (Å²) >= 11 is 5.97. The molecule has 19 heavy (non-hydrogen) atoms. The first-order valence-corrected chi connectivity index (χ1v) is 6.83. The van der Waals surface area contributed by atoms with Crippen LogP contribution in [-0.2, 0) is 21.7 Å². The highest BCUT2D eigenvalue weighted by molar-refractivity contribution is 6.31. The molecule has 1 fully saturated rings. The van der Waals surface area contributed by atoms with Crippen molar-refractivity contribution in [2.75, 3.05) is 19.8 Å². The van der Waals surface area contributed by atoms with Crippen LogP contribution in [0.1, 0.15) is 31.9 Å². The van der Waals surface area contributed by atoms with Gasteiger partial charge >= 0.3 is 0 Å². The Hall–Kier alpha value is -0.840. The van der Waals surface area contributed by atoms with Gasteiger partial charge in [-0.05, 0) is 26.3 Å². The van der Waals surface area contributed by atoms with E-state index in [-0.39, 0.29) is 5.02 Å². The van der Waals surface area contributed by atoms with Crippen LogP contribution in [0.2, 0.25) is 5.02 Å². The van der Waals surface area contributed by atoms with Gasteiger partial charge < -0.3 is 14.2 Å². The van der Waals surface area contributed by atoms with Crippen molar-refractivity contribution in [3.05, 3.63) is 28.0 Å². The zero-order chi connectivity index (χ0) is 14.0. The SMILES string of the molecule is CCOc1c(C2(C)OCCO2)cc(Cl)c(F)c1CC. The number of ether oxygens (including phenoxy) is 3. The van der Waals surface area contributed by atoms with Crippen molar-refractivity contribution < 1.29 is 18.6 Å². The Morgan fingerprint density at radius 1 is 1.37 bits per heavy atom. The molecule has 3 nitrogen and oxygen atoms in total. The van der Waals surface area contributed by atoms with Gasteiger partial charge in [0.1, 0.15) is 11.6 Å². The maximum atomic E-state index is 14.1. The molecule has 1 aromatic carbocycles. The molecule has 0 radical (unpaired) electrons. The van der Waals surface area contributed by atoms with Gasteiger partial charge in [-0.25, -0.2) is 4.39 Å². The molecule has 0 aromatic heterocycles. The first-order chi connectivity index (χ1) is 9.03. The summed E-state index contributed by atoms with van der Waals surface area (Å²) in [6.45, 7) is 6.95. The predicted octanol–water partition coefficient (Wildman–Crippen LogP) is 3.66. The second kappa shape index (κ2) is 5.65. The molecule has 106 valence electrons. The van der Waals surface area contributed by atoms with Gasteiger partial charge in [-0.3, -0.25) is 0 Å². The molecule has 0 saturated carbocycles. The van der Waals surface area contributed by atoms with Gasteiger partial charge in [-0.1, -0.05) is 18.5 Å². The molecule has 1 heterocycles. The van der Waals surface area contributed by atoms with Crippen LogP contribution in [0.5, 0.6) is 5.75 Å². The normalized spacial score (nSPS) is 17.7. The molecule has 1 aromatic rings. The van der Waals surface area contributed by atoms with Crippen molar-refractivity contribution in [3.8, 4) is 5.75 Å². The van der Waals surface area contributed by atoms with E-state index in [2.05, 4.69) is 0 Å². The van der Waals surface area contributed by atoms with E-state index in [0.717, 1.165) is 0 Å². The molecule has 0 unspecified atom stereocenters. The smallest absolute Gasteiger partial charge is 0.195 e. The van der Waals surface area contributed by atoms with Crippen molar-refractivity contribution >= 4 is 11.6 Å². The molecule has 2 rings (SSSR count). The molecule has 5 heteroatoms. The van der Waals surface area contributed by atoms with Gasteiger partial charge in [0.25, 0.3) is 0 Å². The summed E-state index contributed by atoms with van der Waals surface area (Å²) in [6.07, 6.45) is 0.491. The zero-order valence-electron chi connectivity index (χ0n) is 11.4. The summed E-state index contributed by atoms with van der Waals surface area (Å²) < 4.78 is 30.9. The molecule has 0 bridgehead atoms. The van der Waals surface area contributed by atoms with Gasteiger partial charge in [0.05, 0.1) is 30.4 Å². The summed E-state index contributed by atoms with van der Waals surface area (Å²) in [4.78, 5) is 0. The maximum absolute atomic E-state index is 14.1. The second-order valence-electron chi connectivity index (χ2n) is 4.46. The van der Waals surface area contributed by atoms with Crippen LogP contribution in [0, 0.1) is 5.82 Å². The molecule has 0 amide bonds. The third kappa shape index (κ3) is 2.57. The van der Waals surface area contributed by atoms with Crippen LogP contribution in [0.4, 0.5) is 4.39 Å². The zero-order valence-corrected chi connectivity index (χ0v) is 12.1. The van der Waals surface area contributed by atoms with Gasteiger partial charge in [0, 0.05) is 5.56 Å². The van der Waals surface area contributed by atoms with Crippen molar-refractivity contribution in [2.24, 2.45) is 0 Å². The fraction of sp³-hybridized carbons (Fsp3) is 0.571. The van der Waals surface area contributed by atoms with Crippen LogP contribution in [0.25, 0.3) is 0 Å². The molecule has 0 aliphatic carbocycles. The van der Waals surface area contributed by atoms with Crippen molar-refractivity contribution in [3.63, 3.8) is 0 Å². The molecule has 0 N–H and O–H groups in total. The Morgan fingerprint density at radius 3 is 2.53 bits per heavy atom. The lowest BCUT2D eigenvalue weighted by Crippen LogP contribution is -2.24. The summed E-state index contributed by atoms with van der Waals surface area (Å²) in [7, 11) is 0. The first-order valence-electron chi connectivity index (χ1n) is 6.45. The van der Waals surface area contributed by atoms with Crippen molar-refractivity contribution in [2.45, 2.75) is 33.0 Å². The van der Waals surface area contributed by atoms with E-state index in [1.165, 1.54) is 6.07 Å². The second-order valence-corrected chi connectivity index (χ2v) is 4.86. The Kier molecular flexibility index (Phi) is 4.33. The minimum Gasteiger partial charge on any atom is -0.493 e. The first kappa shape index (κ1) is 14.6. The highest BCUT2D eigenvalue weighted by Crippen LogP contribution is 2.42. The average molecular weight is 289 g/mol. The van der Waals surface area contributed by atoms with Crippen LogP contribution < -0.4 is 4.74 Å². The van der Waals surface area contributed by atoms with Gasteiger partial charge in [-0.15, -0.1) is 0 Å². The largest absolute Gasteiger partial charge is 0.493 e. The van der Waals surface area contributed by atoms with E-state index in [4.69, 9.17) is 25.8 Å². The topological polar surface area (TPSA) is 27.7 Å². The lowest BCUT2D eigenvalue weighted by molar-refractivity contribution is -0.150. The summed E-state index contributed by atoms with van der Waals surface area (Å²) in [6, 6.07) is 1.53. The minimum atomic E-state index is -0.925. The molecule has 1 aliphatic rings. The Bertz CT molecular complexity index is 470. The fourth-order valence-electron chi connectivity index (χ4n) is 2.29. The molecule has 0 atom stereocenters. The van der Waals surface area contributed by atoms with Crippen LogP contribution in [0.3, 0.4) is 0 Å². The summed E-state index contributed by atoms with van der Waals surface area (Å²) in [5, 5.41) is 0.0654. The third-order valence-corrected chi connectivity index (χ3v) is 3.51. The molecule has 0 spiro atoms. The quantitative estimate of drug-likeness (QED) is 0.846. The Labute approximate surface area is 117 Å². The van der Waals surface area contributed by atoms with Gasteiger partial charge in [-0.2, -0.15) is 0 Å². The lowest BCUT2D eigenvalue weighted by atomic mass is 10.00. The predicted molar refractivity (Wildman–Crippen MR) is 71.2 cm³/mol. The summed E-state index contributed by atoms with van der Waals surface area (Å²) in [5.74, 6) is -0.875.